The van der Waals surface area contributed by atoms with Gasteiger partial charge in [-0.05, 0) is 62.7 Å². The quantitative estimate of drug-likeness (QED) is 0.788. The van der Waals surface area contributed by atoms with E-state index in [1.54, 1.807) is 0 Å². The van der Waals surface area contributed by atoms with Gasteiger partial charge in [0.05, 0.1) is 12.2 Å². The second-order valence-electron chi connectivity index (χ2n) is 6.60. The molecule has 18 heavy (non-hydrogen) atoms. The number of hydrogen-bond donors (Lipinski definition) is 2. The molecule has 0 saturated heterocycles. The first-order valence-corrected chi connectivity index (χ1v) is 8.06. The molecule has 0 spiro atoms. The van der Waals surface area contributed by atoms with Gasteiger partial charge >= 0.3 is 0 Å². The third-order valence-electron chi connectivity index (χ3n) is 5.39. The first-order chi connectivity index (χ1) is 8.70. The number of aliphatic hydroxyl groups is 2. The summed E-state index contributed by atoms with van der Waals surface area (Å²) in [5, 5.41) is 20.1. The molecular formula is C16H30O2. The number of hydrogen-bond acceptors (Lipinski definition) is 2. The van der Waals surface area contributed by atoms with Crippen LogP contribution in [0.15, 0.2) is 0 Å². The highest BCUT2D eigenvalue weighted by molar-refractivity contribution is 4.81. The van der Waals surface area contributed by atoms with E-state index in [4.69, 9.17) is 0 Å². The van der Waals surface area contributed by atoms with Crippen LogP contribution in [0.3, 0.4) is 0 Å². The predicted octanol–water partition coefficient (Wildman–Crippen LogP) is 3.50. The molecule has 0 aromatic carbocycles. The van der Waals surface area contributed by atoms with Crippen LogP contribution in [0.5, 0.6) is 0 Å². The summed E-state index contributed by atoms with van der Waals surface area (Å²) in [4.78, 5) is 0. The molecule has 106 valence electrons. The van der Waals surface area contributed by atoms with E-state index in [1.807, 2.05) is 0 Å². The van der Waals surface area contributed by atoms with Gasteiger partial charge in [-0.2, -0.15) is 0 Å². The molecular weight excluding hydrogens is 224 g/mol. The minimum absolute atomic E-state index is 0.0561. The van der Waals surface area contributed by atoms with Crippen molar-refractivity contribution in [2.45, 2.75) is 83.3 Å². The average Bonchev–Trinajstić information content (AvgIpc) is 2.91. The van der Waals surface area contributed by atoms with Crippen molar-refractivity contribution in [2.75, 3.05) is 0 Å². The van der Waals surface area contributed by atoms with Crippen molar-refractivity contribution in [1.82, 2.24) is 0 Å². The Bertz CT molecular complexity index is 235. The van der Waals surface area contributed by atoms with Crippen LogP contribution in [0, 0.1) is 17.8 Å². The second-order valence-corrected chi connectivity index (χ2v) is 6.60. The molecule has 0 amide bonds. The lowest BCUT2D eigenvalue weighted by Gasteiger charge is -2.33. The maximum Gasteiger partial charge on any atom is 0.0568 e. The van der Waals surface area contributed by atoms with Crippen LogP contribution in [0.25, 0.3) is 0 Å². The maximum absolute atomic E-state index is 10.2. The molecule has 2 fully saturated rings. The van der Waals surface area contributed by atoms with Gasteiger partial charge in [0.25, 0.3) is 0 Å². The molecule has 0 heterocycles. The third kappa shape index (κ3) is 3.71. The smallest absolute Gasteiger partial charge is 0.0568 e. The van der Waals surface area contributed by atoms with E-state index in [1.165, 1.54) is 38.5 Å². The molecule has 2 aliphatic carbocycles. The van der Waals surface area contributed by atoms with E-state index in [2.05, 4.69) is 6.92 Å². The topological polar surface area (TPSA) is 40.5 Å². The van der Waals surface area contributed by atoms with Gasteiger partial charge in [0, 0.05) is 0 Å². The van der Waals surface area contributed by atoms with E-state index in [0.29, 0.717) is 11.8 Å². The Labute approximate surface area is 112 Å². The molecule has 2 heteroatoms. The molecule has 2 rings (SSSR count). The summed E-state index contributed by atoms with van der Waals surface area (Å²) in [6.07, 6.45) is 11.6. The minimum Gasteiger partial charge on any atom is -0.393 e. The third-order valence-corrected chi connectivity index (χ3v) is 5.39. The van der Waals surface area contributed by atoms with Gasteiger partial charge in [0.2, 0.25) is 0 Å². The lowest BCUT2D eigenvalue weighted by atomic mass is 9.76. The molecule has 0 radical (unpaired) electrons. The van der Waals surface area contributed by atoms with Crippen molar-refractivity contribution in [3.05, 3.63) is 0 Å². The molecule has 4 atom stereocenters. The fourth-order valence-electron chi connectivity index (χ4n) is 4.03. The van der Waals surface area contributed by atoms with Crippen molar-refractivity contribution < 1.29 is 10.2 Å². The molecule has 0 aromatic heterocycles. The Morgan fingerprint density at radius 3 is 2.50 bits per heavy atom. The van der Waals surface area contributed by atoms with Crippen LogP contribution in [0.4, 0.5) is 0 Å². The molecule has 1 unspecified atom stereocenters. The largest absolute Gasteiger partial charge is 0.393 e. The van der Waals surface area contributed by atoms with Crippen molar-refractivity contribution in [3.8, 4) is 0 Å². The molecule has 2 N–H and O–H groups in total. The van der Waals surface area contributed by atoms with E-state index < -0.39 is 0 Å². The summed E-state index contributed by atoms with van der Waals surface area (Å²) in [6, 6.07) is 0. The van der Waals surface area contributed by atoms with E-state index >= 15 is 0 Å². The first kappa shape index (κ1) is 14.3. The Morgan fingerprint density at radius 1 is 1.11 bits per heavy atom. The van der Waals surface area contributed by atoms with Crippen LogP contribution < -0.4 is 0 Å². The Morgan fingerprint density at radius 2 is 1.83 bits per heavy atom. The zero-order chi connectivity index (χ0) is 13.0. The van der Waals surface area contributed by atoms with E-state index in [0.717, 1.165) is 31.6 Å². The van der Waals surface area contributed by atoms with Crippen molar-refractivity contribution in [1.29, 1.82) is 0 Å². The molecule has 0 aromatic rings. The SMILES string of the molecule is CC[C@@H]1CC(CC[C@@H](O)C2CCCC2)CC[C@@H]1O. The van der Waals surface area contributed by atoms with Crippen molar-refractivity contribution >= 4 is 0 Å². The van der Waals surface area contributed by atoms with Gasteiger partial charge in [-0.15, -0.1) is 0 Å². The predicted molar refractivity (Wildman–Crippen MR) is 74.3 cm³/mol. The molecule has 2 aliphatic rings. The summed E-state index contributed by atoms with van der Waals surface area (Å²) in [6.45, 7) is 2.18. The molecule has 2 nitrogen and oxygen atoms in total. The highest BCUT2D eigenvalue weighted by Crippen LogP contribution is 2.36. The fraction of sp³-hybridized carbons (Fsp3) is 1.00. The Kier molecular flexibility index (Phi) is 5.50. The fourth-order valence-corrected chi connectivity index (χ4v) is 4.03. The molecule has 2 saturated carbocycles. The first-order valence-electron chi connectivity index (χ1n) is 8.06. The van der Waals surface area contributed by atoms with Crippen LogP contribution in [-0.2, 0) is 0 Å². The average molecular weight is 254 g/mol. The summed E-state index contributed by atoms with van der Waals surface area (Å²) in [5.74, 6) is 1.84. The van der Waals surface area contributed by atoms with E-state index in [9.17, 15) is 10.2 Å². The van der Waals surface area contributed by atoms with Crippen molar-refractivity contribution in [3.63, 3.8) is 0 Å². The van der Waals surface area contributed by atoms with Crippen LogP contribution in [0.2, 0.25) is 0 Å². The number of aliphatic hydroxyl groups excluding tert-OH is 2. The monoisotopic (exact) mass is 254 g/mol. The Hall–Kier alpha value is -0.0800. The van der Waals surface area contributed by atoms with Crippen molar-refractivity contribution in [2.24, 2.45) is 17.8 Å². The summed E-state index contributed by atoms with van der Waals surface area (Å²) in [5.41, 5.74) is 0. The lowest BCUT2D eigenvalue weighted by Crippen LogP contribution is -2.29. The highest BCUT2D eigenvalue weighted by atomic mass is 16.3. The van der Waals surface area contributed by atoms with Crippen LogP contribution in [-0.4, -0.2) is 22.4 Å². The van der Waals surface area contributed by atoms with Gasteiger partial charge < -0.3 is 10.2 Å². The van der Waals surface area contributed by atoms with Crippen LogP contribution >= 0.6 is 0 Å². The summed E-state index contributed by atoms with van der Waals surface area (Å²) >= 11 is 0. The summed E-state index contributed by atoms with van der Waals surface area (Å²) in [7, 11) is 0. The highest BCUT2D eigenvalue weighted by Gasteiger charge is 2.29. The zero-order valence-corrected chi connectivity index (χ0v) is 11.9. The molecule has 0 aliphatic heterocycles. The standard InChI is InChI=1S/C16H30O2/c1-2-13-11-12(7-9-15(13)17)8-10-16(18)14-5-3-4-6-14/h12-18H,2-11H2,1H3/t12?,13-,15+,16-/m1/s1. The minimum atomic E-state index is -0.0639. The van der Waals surface area contributed by atoms with E-state index in [-0.39, 0.29) is 12.2 Å². The summed E-state index contributed by atoms with van der Waals surface area (Å²) < 4.78 is 0. The lowest BCUT2D eigenvalue weighted by molar-refractivity contribution is 0.0361. The van der Waals surface area contributed by atoms with Gasteiger partial charge in [0.15, 0.2) is 0 Å². The van der Waals surface area contributed by atoms with Crippen LogP contribution in [0.1, 0.15) is 71.1 Å². The van der Waals surface area contributed by atoms with Gasteiger partial charge in [0.1, 0.15) is 0 Å². The maximum atomic E-state index is 10.2. The second kappa shape index (κ2) is 6.91. The van der Waals surface area contributed by atoms with Gasteiger partial charge in [-0.1, -0.05) is 26.2 Å². The Balaban J connectivity index is 1.69. The normalized spacial score (nSPS) is 35.8. The molecule has 0 bridgehead atoms. The number of rotatable bonds is 5. The van der Waals surface area contributed by atoms with Gasteiger partial charge in [-0.25, -0.2) is 0 Å². The van der Waals surface area contributed by atoms with Gasteiger partial charge in [-0.3, -0.25) is 0 Å². The zero-order valence-electron chi connectivity index (χ0n) is 11.9.